The van der Waals surface area contributed by atoms with Gasteiger partial charge in [-0.15, -0.1) is 0 Å². The van der Waals surface area contributed by atoms with Crippen LogP contribution < -0.4 is 10.2 Å². The van der Waals surface area contributed by atoms with Crippen LogP contribution in [0.3, 0.4) is 0 Å². The van der Waals surface area contributed by atoms with E-state index in [4.69, 9.17) is 0 Å². The molecule has 1 unspecified atom stereocenters. The number of piperazine rings is 1. The van der Waals surface area contributed by atoms with Crippen molar-refractivity contribution in [2.75, 3.05) is 36.4 Å². The first kappa shape index (κ1) is 19.1. The van der Waals surface area contributed by atoms with E-state index in [1.165, 1.54) is 13.0 Å². The highest BCUT2D eigenvalue weighted by Gasteiger charge is 2.34. The Morgan fingerprint density at radius 2 is 1.79 bits per heavy atom. The van der Waals surface area contributed by atoms with Gasteiger partial charge in [-0.2, -0.15) is 0 Å². The third-order valence-corrected chi connectivity index (χ3v) is 5.58. The molecule has 1 saturated heterocycles. The fourth-order valence-corrected chi connectivity index (χ4v) is 4.00. The number of fused-ring (bicyclic) bond motifs is 1. The fraction of sp³-hybridized carbons (Fsp3) is 0.318. The fourth-order valence-electron chi connectivity index (χ4n) is 4.00. The number of hydrogen-bond acceptors (Lipinski definition) is 4. The van der Waals surface area contributed by atoms with Crippen molar-refractivity contribution in [2.24, 2.45) is 0 Å². The topological polar surface area (TPSA) is 69.7 Å². The van der Waals surface area contributed by atoms with Gasteiger partial charge in [0.15, 0.2) is 5.78 Å². The maximum atomic E-state index is 14.4. The van der Waals surface area contributed by atoms with Gasteiger partial charge >= 0.3 is 0 Å². The zero-order chi connectivity index (χ0) is 20.5. The second-order valence-electron chi connectivity index (χ2n) is 7.43. The molecule has 1 N–H and O–H groups in total. The van der Waals surface area contributed by atoms with Crippen LogP contribution in [-0.4, -0.2) is 48.7 Å². The summed E-state index contributed by atoms with van der Waals surface area (Å²) in [5.74, 6) is -1.33. The van der Waals surface area contributed by atoms with Gasteiger partial charge in [0.1, 0.15) is 5.82 Å². The summed E-state index contributed by atoms with van der Waals surface area (Å²) < 4.78 is 14.4. The average molecular weight is 395 g/mol. The van der Waals surface area contributed by atoms with E-state index < -0.39 is 11.7 Å². The lowest BCUT2D eigenvalue weighted by atomic mass is 9.89. The zero-order valence-electron chi connectivity index (χ0n) is 16.2. The lowest BCUT2D eigenvalue weighted by Gasteiger charge is -2.38. The molecular weight excluding hydrogens is 373 g/mol. The summed E-state index contributed by atoms with van der Waals surface area (Å²) in [5, 5.41) is 2.81. The molecule has 2 aromatic rings. The number of carbonyl (C=O) groups excluding carboxylic acids is 3. The quantitative estimate of drug-likeness (QED) is 0.812. The average Bonchev–Trinajstić information content (AvgIpc) is 2.72. The molecule has 1 atom stereocenters. The first-order chi connectivity index (χ1) is 13.9. The molecule has 2 heterocycles. The Hall–Kier alpha value is -3.22. The number of Topliss-reactive ketones (excluding diaryl/α,β-unsaturated/α-hetero) is 1. The van der Waals surface area contributed by atoms with Crippen molar-refractivity contribution in [3.8, 4) is 0 Å². The molecule has 2 aromatic carbocycles. The molecule has 0 bridgehead atoms. The van der Waals surface area contributed by atoms with E-state index in [0.29, 0.717) is 43.1 Å². The van der Waals surface area contributed by atoms with E-state index in [2.05, 4.69) is 5.32 Å². The summed E-state index contributed by atoms with van der Waals surface area (Å²) in [6.45, 7) is 3.29. The van der Waals surface area contributed by atoms with Crippen LogP contribution in [0.15, 0.2) is 42.5 Å². The van der Waals surface area contributed by atoms with Gasteiger partial charge in [-0.05, 0) is 36.8 Å². The molecule has 4 rings (SSSR count). The number of anilines is 2. The number of benzene rings is 2. The lowest BCUT2D eigenvalue weighted by molar-refractivity contribution is -0.135. The van der Waals surface area contributed by atoms with E-state index in [1.807, 2.05) is 23.1 Å². The van der Waals surface area contributed by atoms with E-state index in [1.54, 1.807) is 23.1 Å². The number of rotatable bonds is 3. The Morgan fingerprint density at radius 1 is 1.07 bits per heavy atom. The summed E-state index contributed by atoms with van der Waals surface area (Å²) in [7, 11) is 0. The van der Waals surface area contributed by atoms with Gasteiger partial charge in [-0.1, -0.05) is 18.2 Å². The number of halogens is 1. The van der Waals surface area contributed by atoms with Gasteiger partial charge in [0.2, 0.25) is 11.8 Å². The molecule has 2 aliphatic rings. The molecule has 0 aliphatic carbocycles. The number of nitrogens with one attached hydrogen (secondary N) is 1. The molecule has 29 heavy (non-hydrogen) atoms. The molecule has 2 aliphatic heterocycles. The third kappa shape index (κ3) is 3.72. The Labute approximate surface area is 168 Å². The highest BCUT2D eigenvalue weighted by atomic mass is 19.1. The van der Waals surface area contributed by atoms with Gasteiger partial charge in [0, 0.05) is 43.9 Å². The van der Waals surface area contributed by atoms with Gasteiger partial charge in [0.25, 0.3) is 0 Å². The van der Waals surface area contributed by atoms with Gasteiger partial charge < -0.3 is 15.1 Å². The van der Waals surface area contributed by atoms with Crippen molar-refractivity contribution in [1.82, 2.24) is 4.90 Å². The number of amides is 2. The SMILES string of the molecule is CC(=O)c1ccc(N2CCN(C(=O)C3CC(=O)Nc4ccccc43)CC2)c(F)c1. The van der Waals surface area contributed by atoms with Crippen molar-refractivity contribution in [1.29, 1.82) is 0 Å². The minimum absolute atomic E-state index is 0.0700. The number of hydrogen-bond donors (Lipinski definition) is 1. The summed E-state index contributed by atoms with van der Waals surface area (Å²) in [6.07, 6.45) is 0.136. The highest BCUT2D eigenvalue weighted by molar-refractivity contribution is 6.01. The smallest absolute Gasteiger partial charge is 0.230 e. The monoisotopic (exact) mass is 395 g/mol. The van der Waals surface area contributed by atoms with Crippen LogP contribution in [0.2, 0.25) is 0 Å². The van der Waals surface area contributed by atoms with Crippen LogP contribution in [-0.2, 0) is 9.59 Å². The summed E-state index contributed by atoms with van der Waals surface area (Å²) in [4.78, 5) is 40.2. The van der Waals surface area contributed by atoms with E-state index in [0.717, 1.165) is 5.56 Å². The number of carbonyl (C=O) groups is 3. The van der Waals surface area contributed by atoms with Crippen molar-refractivity contribution in [3.63, 3.8) is 0 Å². The molecule has 7 heteroatoms. The Bertz CT molecular complexity index is 983. The molecular formula is C22H22FN3O3. The maximum Gasteiger partial charge on any atom is 0.230 e. The number of para-hydroxylation sites is 1. The van der Waals surface area contributed by atoms with Gasteiger partial charge in [-0.3, -0.25) is 14.4 Å². The Balaban J connectivity index is 1.46. The second-order valence-corrected chi connectivity index (χ2v) is 7.43. The summed E-state index contributed by atoms with van der Waals surface area (Å²) >= 11 is 0. The molecule has 2 amide bonds. The van der Waals surface area contributed by atoms with Gasteiger partial charge in [0.05, 0.1) is 11.6 Å². The van der Waals surface area contributed by atoms with Crippen molar-refractivity contribution < 1.29 is 18.8 Å². The van der Waals surface area contributed by atoms with Crippen molar-refractivity contribution >= 4 is 29.0 Å². The third-order valence-electron chi connectivity index (χ3n) is 5.58. The predicted octanol–water partition coefficient (Wildman–Crippen LogP) is 2.80. The molecule has 150 valence electrons. The lowest BCUT2D eigenvalue weighted by Crippen LogP contribution is -2.51. The highest BCUT2D eigenvalue weighted by Crippen LogP contribution is 2.33. The molecule has 0 saturated carbocycles. The molecule has 0 spiro atoms. The van der Waals surface area contributed by atoms with Crippen molar-refractivity contribution in [3.05, 3.63) is 59.4 Å². The van der Waals surface area contributed by atoms with E-state index in [9.17, 15) is 18.8 Å². The minimum Gasteiger partial charge on any atom is -0.366 e. The first-order valence-electron chi connectivity index (χ1n) is 9.67. The van der Waals surface area contributed by atoms with Crippen LogP contribution >= 0.6 is 0 Å². The summed E-state index contributed by atoms with van der Waals surface area (Å²) in [5.41, 5.74) is 2.30. The normalized spacial score (nSPS) is 18.8. The molecule has 0 aromatic heterocycles. The Morgan fingerprint density at radius 3 is 2.48 bits per heavy atom. The second kappa shape index (κ2) is 7.66. The number of ketones is 1. The zero-order valence-corrected chi connectivity index (χ0v) is 16.2. The molecule has 6 nitrogen and oxygen atoms in total. The van der Waals surface area contributed by atoms with Crippen LogP contribution in [0.1, 0.15) is 35.2 Å². The van der Waals surface area contributed by atoms with Crippen LogP contribution in [0.25, 0.3) is 0 Å². The van der Waals surface area contributed by atoms with Crippen LogP contribution in [0.4, 0.5) is 15.8 Å². The predicted molar refractivity (Wildman–Crippen MR) is 108 cm³/mol. The van der Waals surface area contributed by atoms with E-state index >= 15 is 0 Å². The van der Waals surface area contributed by atoms with Crippen LogP contribution in [0, 0.1) is 5.82 Å². The van der Waals surface area contributed by atoms with Crippen molar-refractivity contribution in [2.45, 2.75) is 19.3 Å². The van der Waals surface area contributed by atoms with Crippen LogP contribution in [0.5, 0.6) is 0 Å². The maximum absolute atomic E-state index is 14.4. The standard InChI is InChI=1S/C22H22FN3O3/c1-14(27)15-6-7-20(18(23)12-15)25-8-10-26(11-9-25)22(29)17-13-21(28)24-19-5-3-2-4-16(17)19/h2-7,12,17H,8-11,13H2,1H3,(H,24,28). The summed E-state index contributed by atoms with van der Waals surface area (Å²) in [6, 6.07) is 11.9. The first-order valence-corrected chi connectivity index (χ1v) is 9.67. The number of nitrogens with zero attached hydrogens (tertiary/aromatic N) is 2. The van der Waals surface area contributed by atoms with E-state index in [-0.39, 0.29) is 24.0 Å². The minimum atomic E-state index is -0.488. The Kier molecular flexibility index (Phi) is 5.05. The molecule has 1 fully saturated rings. The van der Waals surface area contributed by atoms with Gasteiger partial charge in [-0.25, -0.2) is 4.39 Å². The molecule has 0 radical (unpaired) electrons. The largest absolute Gasteiger partial charge is 0.366 e.